The van der Waals surface area contributed by atoms with Crippen LogP contribution in [0.2, 0.25) is 0 Å². The van der Waals surface area contributed by atoms with Crippen molar-refractivity contribution in [3.05, 3.63) is 64.5 Å². The van der Waals surface area contributed by atoms with Crippen LogP contribution in [0.5, 0.6) is 0 Å². The van der Waals surface area contributed by atoms with Gasteiger partial charge in [-0.3, -0.25) is 0 Å². The van der Waals surface area contributed by atoms with E-state index in [2.05, 4.69) is 4.90 Å². The smallest absolute Gasteiger partial charge is 0.356 e. The quantitative estimate of drug-likeness (QED) is 0.702. The molecule has 124 valence electrons. The molecule has 1 aliphatic heterocycles. The maximum absolute atomic E-state index is 12.4. The molecular formula is C21H18N2O2. The van der Waals surface area contributed by atoms with Crippen molar-refractivity contribution >= 4 is 16.5 Å². The highest BCUT2D eigenvalue weighted by Crippen LogP contribution is 2.32. The molecule has 1 aromatic heterocycles. The van der Waals surface area contributed by atoms with Crippen LogP contribution in [-0.2, 0) is 0 Å². The average molecular weight is 330 g/mol. The largest absolute Gasteiger partial charge is 0.422 e. The summed E-state index contributed by atoms with van der Waals surface area (Å²) in [5.41, 5.74) is 1.11. The summed E-state index contributed by atoms with van der Waals surface area (Å²) in [5, 5.41) is 11.5. The molecule has 2 heterocycles. The molecule has 25 heavy (non-hydrogen) atoms. The Morgan fingerprint density at radius 1 is 1.00 bits per heavy atom. The predicted octanol–water partition coefficient (Wildman–Crippen LogP) is 4.32. The first-order chi connectivity index (χ1) is 12.3. The maximum Gasteiger partial charge on any atom is 0.356 e. The molecule has 1 fully saturated rings. The summed E-state index contributed by atoms with van der Waals surface area (Å²) in [6, 6.07) is 17.8. The van der Waals surface area contributed by atoms with Crippen molar-refractivity contribution in [2.45, 2.75) is 19.3 Å². The van der Waals surface area contributed by atoms with Crippen LogP contribution in [0.1, 0.15) is 24.8 Å². The van der Waals surface area contributed by atoms with E-state index in [4.69, 9.17) is 4.42 Å². The van der Waals surface area contributed by atoms with Gasteiger partial charge in [0.05, 0.1) is 5.69 Å². The lowest BCUT2D eigenvalue weighted by Crippen LogP contribution is -2.31. The number of rotatable bonds is 2. The molecule has 0 saturated carbocycles. The summed E-state index contributed by atoms with van der Waals surface area (Å²) >= 11 is 0. The Balaban J connectivity index is 1.92. The minimum absolute atomic E-state index is 0.103. The van der Waals surface area contributed by atoms with Crippen LogP contribution < -0.4 is 10.5 Å². The highest BCUT2D eigenvalue weighted by atomic mass is 16.4. The summed E-state index contributed by atoms with van der Waals surface area (Å²) < 4.78 is 5.52. The van der Waals surface area contributed by atoms with E-state index in [0.29, 0.717) is 11.4 Å². The van der Waals surface area contributed by atoms with Crippen LogP contribution in [0.4, 0.5) is 5.69 Å². The maximum atomic E-state index is 12.4. The fourth-order valence-electron chi connectivity index (χ4n) is 3.54. The molecule has 0 spiro atoms. The molecule has 1 saturated heterocycles. The molecule has 4 nitrogen and oxygen atoms in total. The molecule has 0 unspecified atom stereocenters. The first-order valence-electron chi connectivity index (χ1n) is 8.59. The number of benzene rings is 2. The van der Waals surface area contributed by atoms with Gasteiger partial charge in [-0.1, -0.05) is 42.5 Å². The fraction of sp³-hybridized carbons (Fsp3) is 0.238. The van der Waals surface area contributed by atoms with Crippen LogP contribution in [0.15, 0.2) is 57.7 Å². The summed E-state index contributed by atoms with van der Waals surface area (Å²) in [4.78, 5) is 14.6. The molecule has 4 rings (SSSR count). The van der Waals surface area contributed by atoms with E-state index in [1.165, 1.54) is 6.42 Å². The molecule has 0 amide bonds. The molecule has 0 radical (unpaired) electrons. The van der Waals surface area contributed by atoms with Crippen molar-refractivity contribution in [1.29, 1.82) is 5.26 Å². The zero-order valence-corrected chi connectivity index (χ0v) is 13.9. The zero-order chi connectivity index (χ0) is 17.2. The second kappa shape index (κ2) is 6.45. The third-order valence-corrected chi connectivity index (χ3v) is 4.79. The predicted molar refractivity (Wildman–Crippen MR) is 98.7 cm³/mol. The molecule has 4 heteroatoms. The van der Waals surface area contributed by atoms with E-state index in [-0.39, 0.29) is 5.56 Å². The highest BCUT2D eigenvalue weighted by molar-refractivity contribution is 5.95. The van der Waals surface area contributed by atoms with E-state index in [9.17, 15) is 10.1 Å². The van der Waals surface area contributed by atoms with Crippen LogP contribution in [-0.4, -0.2) is 13.1 Å². The van der Waals surface area contributed by atoms with Crippen LogP contribution in [0.25, 0.3) is 22.1 Å². The zero-order valence-electron chi connectivity index (χ0n) is 13.9. The van der Waals surface area contributed by atoms with Crippen LogP contribution in [0.3, 0.4) is 0 Å². The average Bonchev–Trinajstić information content (AvgIpc) is 2.67. The molecule has 3 aromatic rings. The number of piperidine rings is 1. The molecule has 0 atom stereocenters. The van der Waals surface area contributed by atoms with Gasteiger partial charge in [0.1, 0.15) is 11.8 Å². The van der Waals surface area contributed by atoms with Crippen molar-refractivity contribution in [2.75, 3.05) is 18.0 Å². The lowest BCUT2D eigenvalue weighted by molar-refractivity contribution is 0.519. The molecule has 0 bridgehead atoms. The fourth-order valence-corrected chi connectivity index (χ4v) is 3.54. The van der Waals surface area contributed by atoms with Gasteiger partial charge in [-0.25, -0.2) is 4.79 Å². The van der Waals surface area contributed by atoms with Gasteiger partial charge >= 0.3 is 5.63 Å². The minimum atomic E-state index is -0.562. The van der Waals surface area contributed by atoms with Gasteiger partial charge in [-0.05, 0) is 30.0 Å². The van der Waals surface area contributed by atoms with Gasteiger partial charge in [0.2, 0.25) is 0 Å². The number of anilines is 1. The Hall–Kier alpha value is -3.06. The lowest BCUT2D eigenvalue weighted by Gasteiger charge is -2.29. The van der Waals surface area contributed by atoms with Crippen molar-refractivity contribution in [2.24, 2.45) is 0 Å². The first-order valence-corrected chi connectivity index (χ1v) is 8.59. The van der Waals surface area contributed by atoms with Gasteiger partial charge < -0.3 is 9.32 Å². The van der Waals surface area contributed by atoms with Gasteiger partial charge in [-0.2, -0.15) is 5.26 Å². The number of hydrogen-bond donors (Lipinski definition) is 0. The minimum Gasteiger partial charge on any atom is -0.422 e. The summed E-state index contributed by atoms with van der Waals surface area (Å²) in [6.45, 7) is 1.74. The number of fused-ring (bicyclic) bond motifs is 1. The number of nitrogens with zero attached hydrogens (tertiary/aromatic N) is 2. The third kappa shape index (κ3) is 2.78. The topological polar surface area (TPSA) is 57.2 Å². The molecule has 1 aliphatic rings. The van der Waals surface area contributed by atoms with Gasteiger partial charge in [0.15, 0.2) is 5.56 Å². The normalized spacial score (nSPS) is 14.4. The van der Waals surface area contributed by atoms with E-state index in [1.807, 2.05) is 54.6 Å². The SMILES string of the molecule is N#Cc1c(N2CCCCC2)cc(-c2cccc3ccccc23)oc1=O. The Morgan fingerprint density at radius 3 is 2.56 bits per heavy atom. The van der Waals surface area contributed by atoms with Crippen molar-refractivity contribution in [3.8, 4) is 17.4 Å². The van der Waals surface area contributed by atoms with Gasteiger partial charge in [-0.15, -0.1) is 0 Å². The summed E-state index contributed by atoms with van der Waals surface area (Å²) in [7, 11) is 0. The van der Waals surface area contributed by atoms with E-state index in [1.54, 1.807) is 0 Å². The Labute approximate surface area is 145 Å². The van der Waals surface area contributed by atoms with E-state index >= 15 is 0 Å². The number of nitriles is 1. The molecular weight excluding hydrogens is 312 g/mol. The second-order valence-corrected chi connectivity index (χ2v) is 6.34. The van der Waals surface area contributed by atoms with Crippen molar-refractivity contribution in [1.82, 2.24) is 0 Å². The summed E-state index contributed by atoms with van der Waals surface area (Å²) in [6.07, 6.45) is 3.35. The monoisotopic (exact) mass is 330 g/mol. The molecule has 0 aliphatic carbocycles. The molecule has 2 aromatic carbocycles. The third-order valence-electron chi connectivity index (χ3n) is 4.79. The Morgan fingerprint density at radius 2 is 1.76 bits per heavy atom. The molecule has 0 N–H and O–H groups in total. The number of hydrogen-bond acceptors (Lipinski definition) is 4. The highest BCUT2D eigenvalue weighted by Gasteiger charge is 2.20. The lowest BCUT2D eigenvalue weighted by atomic mass is 10.0. The van der Waals surface area contributed by atoms with Crippen LogP contribution in [0, 0.1) is 11.3 Å². The van der Waals surface area contributed by atoms with Crippen LogP contribution >= 0.6 is 0 Å². The van der Waals surface area contributed by atoms with Crippen molar-refractivity contribution < 1.29 is 4.42 Å². The standard InChI is InChI=1S/C21H18N2O2/c22-14-18-19(23-11-4-1-5-12-23)13-20(25-21(18)24)17-10-6-8-15-7-2-3-9-16(15)17/h2-3,6-10,13H,1,4-5,11-12H2. The Bertz CT molecular complexity index is 1020. The second-order valence-electron chi connectivity index (χ2n) is 6.34. The summed E-state index contributed by atoms with van der Waals surface area (Å²) in [5.74, 6) is 0.515. The van der Waals surface area contributed by atoms with Gasteiger partial charge in [0.25, 0.3) is 0 Å². The first kappa shape index (κ1) is 15.5. The Kier molecular flexibility index (Phi) is 3.99. The van der Waals surface area contributed by atoms with Crippen molar-refractivity contribution in [3.63, 3.8) is 0 Å². The van der Waals surface area contributed by atoms with E-state index < -0.39 is 5.63 Å². The van der Waals surface area contributed by atoms with Gasteiger partial charge in [0, 0.05) is 24.7 Å². The van der Waals surface area contributed by atoms with E-state index in [0.717, 1.165) is 42.3 Å².